The predicted molar refractivity (Wildman–Crippen MR) is 73.0 cm³/mol. The van der Waals surface area contributed by atoms with E-state index in [0.29, 0.717) is 6.54 Å². The van der Waals surface area contributed by atoms with E-state index in [4.69, 9.17) is 0 Å². The van der Waals surface area contributed by atoms with Gasteiger partial charge in [0.15, 0.2) is 0 Å². The molecule has 1 aliphatic heterocycles. The monoisotopic (exact) mass is 275 g/mol. The SMILES string of the molecule is C[Si](C)(C)C=CCN1C[C@H](O)[C@@H](O)[C@H](O)[C@H]1CO. The average molecular weight is 275 g/mol. The highest BCUT2D eigenvalue weighted by Gasteiger charge is 2.40. The third-order valence-corrected chi connectivity index (χ3v) is 4.41. The Morgan fingerprint density at radius 3 is 2.28 bits per heavy atom. The van der Waals surface area contributed by atoms with Gasteiger partial charge in [-0.3, -0.25) is 4.90 Å². The molecule has 106 valence electrons. The third kappa shape index (κ3) is 4.15. The van der Waals surface area contributed by atoms with E-state index < -0.39 is 32.4 Å². The lowest BCUT2D eigenvalue weighted by molar-refractivity contribution is -0.142. The Labute approximate surface area is 109 Å². The van der Waals surface area contributed by atoms with E-state index >= 15 is 0 Å². The molecule has 1 aliphatic rings. The lowest BCUT2D eigenvalue weighted by atomic mass is 9.94. The molecule has 0 radical (unpaired) electrons. The maximum absolute atomic E-state index is 9.81. The molecule has 0 spiro atoms. The second-order valence-corrected chi connectivity index (χ2v) is 11.1. The fraction of sp³-hybridized carbons (Fsp3) is 0.833. The molecule has 1 rings (SSSR count). The molecule has 18 heavy (non-hydrogen) atoms. The van der Waals surface area contributed by atoms with Crippen LogP contribution >= 0.6 is 0 Å². The van der Waals surface area contributed by atoms with E-state index in [1.54, 1.807) is 4.90 Å². The van der Waals surface area contributed by atoms with Crippen molar-refractivity contribution in [2.45, 2.75) is 44.0 Å². The van der Waals surface area contributed by atoms with Gasteiger partial charge in [-0.25, -0.2) is 0 Å². The molecule has 0 aliphatic carbocycles. The molecule has 5 nitrogen and oxygen atoms in total. The number of hydrogen-bond donors (Lipinski definition) is 4. The number of aliphatic hydroxyl groups is 4. The highest BCUT2D eigenvalue weighted by atomic mass is 28.3. The van der Waals surface area contributed by atoms with Crippen LogP contribution in [0.2, 0.25) is 19.6 Å². The van der Waals surface area contributed by atoms with Crippen molar-refractivity contribution in [1.82, 2.24) is 4.90 Å². The molecule has 1 saturated heterocycles. The Balaban J connectivity index is 2.66. The Bertz CT molecular complexity index is 292. The second kappa shape index (κ2) is 6.27. The molecule has 0 aromatic heterocycles. The number of nitrogens with zero attached hydrogens (tertiary/aromatic N) is 1. The summed E-state index contributed by atoms with van der Waals surface area (Å²) in [4.78, 5) is 1.80. The molecule has 6 heteroatoms. The van der Waals surface area contributed by atoms with Gasteiger partial charge in [-0.2, -0.15) is 0 Å². The van der Waals surface area contributed by atoms with Crippen molar-refractivity contribution < 1.29 is 20.4 Å². The number of rotatable bonds is 4. The number of aliphatic hydroxyl groups excluding tert-OH is 4. The maximum atomic E-state index is 9.81. The fourth-order valence-corrected chi connectivity index (χ4v) is 2.94. The van der Waals surface area contributed by atoms with Gasteiger partial charge in [0.2, 0.25) is 0 Å². The zero-order valence-electron chi connectivity index (χ0n) is 11.3. The van der Waals surface area contributed by atoms with Crippen molar-refractivity contribution in [2.24, 2.45) is 0 Å². The van der Waals surface area contributed by atoms with E-state index in [-0.39, 0.29) is 13.2 Å². The van der Waals surface area contributed by atoms with Crippen molar-refractivity contribution in [3.8, 4) is 0 Å². The molecule has 1 fully saturated rings. The topological polar surface area (TPSA) is 84.2 Å². The minimum absolute atomic E-state index is 0.230. The summed E-state index contributed by atoms with van der Waals surface area (Å²) in [6, 6.07) is -0.519. The lowest BCUT2D eigenvalue weighted by Gasteiger charge is -2.42. The Hall–Kier alpha value is -0.243. The quantitative estimate of drug-likeness (QED) is 0.504. The first-order chi connectivity index (χ1) is 8.26. The van der Waals surface area contributed by atoms with Crippen LogP contribution in [0.5, 0.6) is 0 Å². The summed E-state index contributed by atoms with van der Waals surface area (Å²) in [5, 5.41) is 38.3. The summed E-state index contributed by atoms with van der Waals surface area (Å²) in [5.41, 5.74) is 2.19. The molecule has 4 N–H and O–H groups in total. The van der Waals surface area contributed by atoms with Crippen LogP contribution in [0.4, 0.5) is 0 Å². The highest BCUT2D eigenvalue weighted by molar-refractivity contribution is 6.80. The molecule has 1 heterocycles. The van der Waals surface area contributed by atoms with Crippen LogP contribution in [0.25, 0.3) is 0 Å². The Kier molecular flexibility index (Phi) is 5.51. The van der Waals surface area contributed by atoms with Gasteiger partial charge in [0, 0.05) is 13.1 Å². The van der Waals surface area contributed by atoms with Gasteiger partial charge in [0.1, 0.15) is 12.2 Å². The zero-order valence-corrected chi connectivity index (χ0v) is 12.3. The van der Waals surface area contributed by atoms with E-state index in [1.807, 2.05) is 6.08 Å². The van der Waals surface area contributed by atoms with Crippen molar-refractivity contribution in [1.29, 1.82) is 0 Å². The molecular formula is C12H25NO4Si. The van der Waals surface area contributed by atoms with Gasteiger partial charge in [-0.1, -0.05) is 31.4 Å². The van der Waals surface area contributed by atoms with Crippen LogP contribution in [0.15, 0.2) is 11.8 Å². The molecular weight excluding hydrogens is 250 g/mol. The van der Waals surface area contributed by atoms with Crippen molar-refractivity contribution in [2.75, 3.05) is 19.7 Å². The summed E-state index contributed by atoms with van der Waals surface area (Å²) >= 11 is 0. The number of likely N-dealkylation sites (tertiary alicyclic amines) is 1. The summed E-state index contributed by atoms with van der Waals surface area (Å²) in [5.74, 6) is 0. The van der Waals surface area contributed by atoms with Gasteiger partial charge in [0.05, 0.1) is 26.8 Å². The van der Waals surface area contributed by atoms with E-state index in [9.17, 15) is 20.4 Å². The third-order valence-electron chi connectivity index (χ3n) is 3.17. The minimum Gasteiger partial charge on any atom is -0.395 e. The van der Waals surface area contributed by atoms with Crippen LogP contribution in [-0.2, 0) is 0 Å². The summed E-state index contributed by atoms with van der Waals surface area (Å²) in [6.45, 7) is 7.26. The molecule has 0 bridgehead atoms. The zero-order chi connectivity index (χ0) is 13.9. The van der Waals surface area contributed by atoms with E-state index in [2.05, 4.69) is 25.3 Å². The van der Waals surface area contributed by atoms with E-state index in [0.717, 1.165) is 0 Å². The van der Waals surface area contributed by atoms with Gasteiger partial charge >= 0.3 is 0 Å². The molecule has 0 aromatic rings. The predicted octanol–water partition coefficient (Wildman–Crippen LogP) is -0.821. The lowest BCUT2D eigenvalue weighted by Crippen LogP contribution is -2.62. The molecule has 0 unspecified atom stereocenters. The van der Waals surface area contributed by atoms with Crippen LogP contribution in [-0.4, -0.2) is 77.5 Å². The Morgan fingerprint density at radius 2 is 1.78 bits per heavy atom. The minimum atomic E-state index is -1.27. The normalized spacial score (nSPS) is 35.3. The first kappa shape index (κ1) is 15.8. The van der Waals surface area contributed by atoms with Gasteiger partial charge in [-0.15, -0.1) is 0 Å². The van der Waals surface area contributed by atoms with Crippen molar-refractivity contribution in [3.05, 3.63) is 11.8 Å². The van der Waals surface area contributed by atoms with Crippen LogP contribution in [0.1, 0.15) is 0 Å². The number of hydrogen-bond acceptors (Lipinski definition) is 5. The first-order valence-corrected chi connectivity index (χ1v) is 9.91. The highest BCUT2D eigenvalue weighted by Crippen LogP contribution is 2.18. The average Bonchev–Trinajstić information content (AvgIpc) is 2.25. The first-order valence-electron chi connectivity index (χ1n) is 6.33. The summed E-state index contributed by atoms with van der Waals surface area (Å²) in [6.07, 6.45) is -1.24. The van der Waals surface area contributed by atoms with Crippen molar-refractivity contribution >= 4 is 8.07 Å². The maximum Gasteiger partial charge on any atom is 0.109 e. The molecule has 0 aromatic carbocycles. The van der Waals surface area contributed by atoms with Gasteiger partial charge in [0.25, 0.3) is 0 Å². The van der Waals surface area contributed by atoms with Crippen molar-refractivity contribution in [3.63, 3.8) is 0 Å². The summed E-state index contributed by atoms with van der Waals surface area (Å²) in [7, 11) is -1.27. The molecule has 0 amide bonds. The smallest absolute Gasteiger partial charge is 0.109 e. The molecule has 4 atom stereocenters. The van der Waals surface area contributed by atoms with E-state index in [1.165, 1.54) is 0 Å². The second-order valence-electron chi connectivity index (χ2n) is 6.02. The Morgan fingerprint density at radius 1 is 1.17 bits per heavy atom. The van der Waals surface area contributed by atoms with Gasteiger partial charge < -0.3 is 20.4 Å². The number of piperidine rings is 1. The number of β-amino-alcohol motifs (C(OH)–C–C–N with tert-alkyl or cyclic N) is 1. The summed E-state index contributed by atoms with van der Waals surface area (Å²) < 4.78 is 0. The standard InChI is InChI=1S/C12H25NO4Si/c1-18(2,3)6-4-5-13-7-10(15)12(17)11(16)9(13)8-14/h4,6,9-12,14-17H,5,7-8H2,1-3H3/t9-,10+,11-,12-/m1/s1. The molecule has 0 saturated carbocycles. The fourth-order valence-electron chi connectivity index (χ4n) is 2.13. The van der Waals surface area contributed by atoms with Crippen LogP contribution in [0.3, 0.4) is 0 Å². The van der Waals surface area contributed by atoms with Crippen LogP contribution in [0, 0.1) is 0 Å². The van der Waals surface area contributed by atoms with Crippen LogP contribution < -0.4 is 0 Å². The van der Waals surface area contributed by atoms with Gasteiger partial charge in [-0.05, 0) is 0 Å². The largest absolute Gasteiger partial charge is 0.395 e.